The van der Waals surface area contributed by atoms with Crippen molar-refractivity contribution >= 4 is 38.6 Å². The van der Waals surface area contributed by atoms with Gasteiger partial charge in [-0.15, -0.1) is 5.10 Å². The fourth-order valence-electron chi connectivity index (χ4n) is 3.18. The molecule has 1 amide bonds. The van der Waals surface area contributed by atoms with E-state index in [2.05, 4.69) is 15.4 Å². The molecule has 0 saturated heterocycles. The molecule has 0 aliphatic rings. The molecule has 8 nitrogen and oxygen atoms in total. The molecule has 1 N–H and O–H groups in total. The van der Waals surface area contributed by atoms with Crippen molar-refractivity contribution in [1.82, 2.24) is 19.9 Å². The van der Waals surface area contributed by atoms with Crippen molar-refractivity contribution in [2.45, 2.75) is 39.8 Å². The van der Waals surface area contributed by atoms with E-state index in [9.17, 15) is 14.0 Å². The van der Waals surface area contributed by atoms with Crippen LogP contribution in [0, 0.1) is 5.82 Å². The molecule has 0 radical (unpaired) electrons. The molecular formula is C23H23FN4O4S. The molecule has 0 spiro atoms. The first kappa shape index (κ1) is 22.7. The van der Waals surface area contributed by atoms with E-state index in [0.717, 1.165) is 10.2 Å². The summed E-state index contributed by atoms with van der Waals surface area (Å²) in [5.74, 6) is -0.630. The fourth-order valence-corrected chi connectivity index (χ4v) is 4.18. The van der Waals surface area contributed by atoms with Crippen molar-refractivity contribution in [2.24, 2.45) is 0 Å². The monoisotopic (exact) mass is 470 g/mol. The first-order chi connectivity index (χ1) is 15.6. The van der Waals surface area contributed by atoms with Crippen LogP contribution in [-0.2, 0) is 16.0 Å². The minimum absolute atomic E-state index is 0.130. The van der Waals surface area contributed by atoms with Gasteiger partial charge in [0, 0.05) is 6.54 Å². The van der Waals surface area contributed by atoms with E-state index in [0.29, 0.717) is 22.7 Å². The highest BCUT2D eigenvalue weighted by molar-refractivity contribution is 7.23. The molecule has 172 valence electrons. The Bertz CT molecular complexity index is 1360. The Hall–Kier alpha value is -3.53. The van der Waals surface area contributed by atoms with Crippen LogP contribution in [0.4, 0.5) is 9.18 Å². The fraction of sp³-hybridized carbons (Fsp3) is 0.304. The molecule has 4 rings (SSSR count). The number of carbonyl (C=O) groups is 2. The summed E-state index contributed by atoms with van der Waals surface area (Å²) >= 11 is 1.35. The van der Waals surface area contributed by atoms with Gasteiger partial charge in [-0.05, 0) is 63.6 Å². The maximum atomic E-state index is 14.8. The first-order valence-corrected chi connectivity index (χ1v) is 11.2. The van der Waals surface area contributed by atoms with Gasteiger partial charge in [0.2, 0.25) is 4.96 Å². The van der Waals surface area contributed by atoms with Crippen LogP contribution in [-0.4, -0.2) is 38.9 Å². The third-order valence-corrected chi connectivity index (χ3v) is 5.58. The summed E-state index contributed by atoms with van der Waals surface area (Å²) in [6, 6.07) is 9.80. The van der Waals surface area contributed by atoms with Crippen molar-refractivity contribution in [2.75, 3.05) is 6.61 Å². The van der Waals surface area contributed by atoms with Crippen LogP contribution < -0.4 is 5.32 Å². The number of nitrogens with one attached hydrogen (secondary N) is 1. The second kappa shape index (κ2) is 8.78. The highest BCUT2D eigenvalue weighted by atomic mass is 32.1. The number of carbonyl (C=O) groups excluding carboxylic acids is 2. The second-order valence-electron chi connectivity index (χ2n) is 8.30. The van der Waals surface area contributed by atoms with Crippen molar-refractivity contribution in [3.05, 3.63) is 53.3 Å². The molecule has 0 atom stereocenters. The Morgan fingerprint density at radius 3 is 2.67 bits per heavy atom. The number of ether oxygens (including phenoxy) is 2. The first-order valence-electron chi connectivity index (χ1n) is 10.4. The van der Waals surface area contributed by atoms with Gasteiger partial charge in [-0.25, -0.2) is 18.5 Å². The van der Waals surface area contributed by atoms with Gasteiger partial charge in [-0.2, -0.15) is 4.98 Å². The Morgan fingerprint density at radius 2 is 1.97 bits per heavy atom. The molecule has 4 aromatic rings. The number of fused-ring (bicyclic) bond motifs is 3. The number of alkyl carbamates (subject to hydrolysis) is 1. The molecule has 2 aromatic heterocycles. The van der Waals surface area contributed by atoms with Crippen LogP contribution >= 0.6 is 11.3 Å². The number of benzene rings is 2. The van der Waals surface area contributed by atoms with Gasteiger partial charge in [0.1, 0.15) is 11.4 Å². The second-order valence-corrected chi connectivity index (χ2v) is 9.31. The number of thiazole rings is 1. The number of amides is 1. The molecular weight excluding hydrogens is 447 g/mol. The van der Waals surface area contributed by atoms with Gasteiger partial charge in [0.15, 0.2) is 5.82 Å². The van der Waals surface area contributed by atoms with E-state index < -0.39 is 17.5 Å². The zero-order valence-corrected chi connectivity index (χ0v) is 19.5. The normalized spacial score (nSPS) is 11.7. The number of rotatable bonds is 5. The molecule has 0 fully saturated rings. The molecule has 0 unspecified atom stereocenters. The van der Waals surface area contributed by atoms with Gasteiger partial charge < -0.3 is 14.8 Å². The van der Waals surface area contributed by atoms with Crippen LogP contribution in [0.1, 0.15) is 43.6 Å². The highest BCUT2D eigenvalue weighted by Crippen LogP contribution is 2.29. The number of esters is 1. The summed E-state index contributed by atoms with van der Waals surface area (Å²) in [7, 11) is 0. The predicted molar refractivity (Wildman–Crippen MR) is 123 cm³/mol. The minimum Gasteiger partial charge on any atom is -0.462 e. The predicted octanol–water partition coefficient (Wildman–Crippen LogP) is 4.95. The average molecular weight is 471 g/mol. The number of hydrogen-bond donors (Lipinski definition) is 1. The lowest BCUT2D eigenvalue weighted by atomic mass is 10.1. The van der Waals surface area contributed by atoms with E-state index in [1.54, 1.807) is 62.5 Å². The molecule has 2 aromatic carbocycles. The van der Waals surface area contributed by atoms with Crippen molar-refractivity contribution in [3.63, 3.8) is 0 Å². The molecule has 10 heteroatoms. The van der Waals surface area contributed by atoms with Crippen LogP contribution in [0.25, 0.3) is 26.6 Å². The zero-order chi connectivity index (χ0) is 23.8. The van der Waals surface area contributed by atoms with Crippen molar-refractivity contribution < 1.29 is 23.5 Å². The third kappa shape index (κ3) is 4.95. The van der Waals surface area contributed by atoms with Gasteiger partial charge in [0.05, 0.1) is 28.0 Å². The average Bonchev–Trinajstić information content (AvgIpc) is 3.28. The van der Waals surface area contributed by atoms with Gasteiger partial charge >= 0.3 is 12.1 Å². The Morgan fingerprint density at radius 1 is 1.18 bits per heavy atom. The Kier molecular flexibility index (Phi) is 6.03. The lowest BCUT2D eigenvalue weighted by Gasteiger charge is -2.19. The van der Waals surface area contributed by atoms with Gasteiger partial charge in [-0.1, -0.05) is 17.4 Å². The van der Waals surface area contributed by atoms with Crippen molar-refractivity contribution in [3.8, 4) is 11.4 Å². The highest BCUT2D eigenvalue weighted by Gasteiger charge is 2.18. The largest absolute Gasteiger partial charge is 0.462 e. The number of aromatic nitrogens is 3. The smallest absolute Gasteiger partial charge is 0.407 e. The summed E-state index contributed by atoms with van der Waals surface area (Å²) in [4.78, 5) is 28.8. The van der Waals surface area contributed by atoms with E-state index in [4.69, 9.17) is 9.47 Å². The molecule has 0 aliphatic heterocycles. The SMILES string of the molecule is CCOC(=O)c1ccc2c(c1)sc1nc(-c3ccc(CNC(=O)OC(C)(C)C)cc3F)nn12. The zero-order valence-electron chi connectivity index (χ0n) is 18.6. The molecule has 0 saturated carbocycles. The van der Waals surface area contributed by atoms with Gasteiger partial charge in [-0.3, -0.25) is 0 Å². The van der Waals surface area contributed by atoms with Crippen LogP contribution in [0.5, 0.6) is 0 Å². The van der Waals surface area contributed by atoms with Gasteiger partial charge in [0.25, 0.3) is 0 Å². The van der Waals surface area contributed by atoms with Crippen LogP contribution in [0.2, 0.25) is 0 Å². The lowest BCUT2D eigenvalue weighted by Crippen LogP contribution is -2.32. The maximum absolute atomic E-state index is 14.8. The molecule has 0 bridgehead atoms. The number of hydrogen-bond acceptors (Lipinski definition) is 7. The maximum Gasteiger partial charge on any atom is 0.407 e. The minimum atomic E-state index is -0.608. The summed E-state index contributed by atoms with van der Waals surface area (Å²) in [5, 5.41) is 7.06. The van der Waals surface area contributed by atoms with E-state index >= 15 is 0 Å². The van der Waals surface area contributed by atoms with Crippen LogP contribution in [0.3, 0.4) is 0 Å². The Balaban J connectivity index is 1.55. The van der Waals surface area contributed by atoms with Crippen LogP contribution in [0.15, 0.2) is 36.4 Å². The van der Waals surface area contributed by atoms with Crippen molar-refractivity contribution in [1.29, 1.82) is 0 Å². The number of halogens is 1. The Labute approximate surface area is 193 Å². The summed E-state index contributed by atoms with van der Waals surface area (Å²) in [5.41, 5.74) is 1.45. The topological polar surface area (TPSA) is 94.8 Å². The van der Waals surface area contributed by atoms with E-state index in [1.807, 2.05) is 0 Å². The third-order valence-electron chi connectivity index (χ3n) is 4.59. The summed E-state index contributed by atoms with van der Waals surface area (Å²) in [6.45, 7) is 7.50. The number of nitrogens with zero attached hydrogens (tertiary/aromatic N) is 3. The lowest BCUT2D eigenvalue weighted by molar-refractivity contribution is 0.0514. The molecule has 2 heterocycles. The summed E-state index contributed by atoms with van der Waals surface area (Å²) in [6.07, 6.45) is -0.569. The standard InChI is InChI=1S/C23H23FN4O4S/c1-5-31-20(29)14-7-9-17-18(11-14)33-21-26-19(27-28(17)21)15-8-6-13(10-16(15)24)12-25-22(30)32-23(2,3)4/h6-11H,5,12H2,1-4H3,(H,25,30). The van der Waals surface area contributed by atoms with E-state index in [1.165, 1.54) is 17.4 Å². The quantitative estimate of drug-likeness (QED) is 0.415. The molecule has 0 aliphatic carbocycles. The van der Waals surface area contributed by atoms with E-state index in [-0.39, 0.29) is 23.9 Å². The molecule has 33 heavy (non-hydrogen) atoms. The summed E-state index contributed by atoms with van der Waals surface area (Å²) < 4.78 is 27.5.